The van der Waals surface area contributed by atoms with Gasteiger partial charge in [0.15, 0.2) is 0 Å². The third-order valence-electron chi connectivity index (χ3n) is 3.27. The number of carbonyl (C=O) groups is 2. The highest BCUT2D eigenvalue weighted by Gasteiger charge is 2.18. The molecule has 1 fully saturated rings. The van der Waals surface area contributed by atoms with Crippen molar-refractivity contribution in [1.82, 2.24) is 10.2 Å². The van der Waals surface area contributed by atoms with E-state index in [1.165, 1.54) is 19.3 Å². The van der Waals surface area contributed by atoms with Crippen molar-refractivity contribution in [3.8, 4) is 6.07 Å². The van der Waals surface area contributed by atoms with Crippen molar-refractivity contribution >= 4 is 12.1 Å². The Morgan fingerprint density at radius 1 is 1.33 bits per heavy atom. The van der Waals surface area contributed by atoms with Crippen LogP contribution in [0, 0.1) is 17.2 Å². The lowest BCUT2D eigenvalue weighted by molar-refractivity contribution is -0.261. The average Bonchev–Trinajstić information content (AvgIpc) is 2.37. The number of imide groups is 1. The number of amides is 3. The Morgan fingerprint density at radius 3 is 2.56 bits per heavy atom. The quantitative estimate of drug-likeness (QED) is 0.749. The Hall–Kier alpha value is -1.77. The van der Waals surface area contributed by atoms with Gasteiger partial charge in [-0.05, 0) is 12.3 Å². The van der Waals surface area contributed by atoms with Crippen LogP contribution in [0.2, 0.25) is 0 Å². The molecule has 0 aromatic heterocycles. The third kappa shape index (κ3) is 4.62. The number of nitrogens with zero attached hydrogens (tertiary/aromatic N) is 2. The Bertz CT molecular complexity index is 332. The molecule has 0 aliphatic heterocycles. The molecule has 0 radical (unpaired) electrons. The molecule has 0 aromatic carbocycles. The fourth-order valence-electron chi connectivity index (χ4n) is 2.27. The molecule has 1 aliphatic carbocycles. The second-order valence-corrected chi connectivity index (χ2v) is 4.53. The first-order valence-corrected chi connectivity index (χ1v) is 6.28. The van der Waals surface area contributed by atoms with Gasteiger partial charge in [0.25, 0.3) is 0 Å². The number of hydrogen-bond donors (Lipinski definition) is 1. The summed E-state index contributed by atoms with van der Waals surface area (Å²) in [5, 5.41) is 21.4. The first-order chi connectivity index (χ1) is 8.65. The first-order valence-electron chi connectivity index (χ1n) is 6.28. The van der Waals surface area contributed by atoms with Gasteiger partial charge in [0, 0.05) is 6.54 Å². The molecule has 100 valence electrons. The summed E-state index contributed by atoms with van der Waals surface area (Å²) in [4.78, 5) is 23.0. The summed E-state index contributed by atoms with van der Waals surface area (Å²) >= 11 is 0. The number of nitrogens with one attached hydrogen (secondary N) is 1. The normalized spacial score (nSPS) is 15.7. The maximum absolute atomic E-state index is 11.5. The van der Waals surface area contributed by atoms with Gasteiger partial charge in [0.2, 0.25) is 0 Å². The van der Waals surface area contributed by atoms with Crippen molar-refractivity contribution in [2.75, 3.05) is 13.1 Å². The van der Waals surface area contributed by atoms with Crippen molar-refractivity contribution in [3.63, 3.8) is 0 Å². The monoisotopic (exact) mass is 252 g/mol. The van der Waals surface area contributed by atoms with Crippen LogP contribution in [-0.2, 0) is 0 Å². The molecule has 0 bridgehead atoms. The standard InChI is InChI=1S/C12H19N3O3/c13-7-8-14-11(16)15(12(17)18)9-6-10-4-2-1-3-5-10/h10H,1-6,8-9H2,(H,14,16)(H,17,18)/p-1. The van der Waals surface area contributed by atoms with Gasteiger partial charge in [0.1, 0.15) is 12.6 Å². The summed E-state index contributed by atoms with van der Waals surface area (Å²) in [7, 11) is 0. The predicted molar refractivity (Wildman–Crippen MR) is 62.3 cm³/mol. The maximum atomic E-state index is 11.5. The van der Waals surface area contributed by atoms with Crippen molar-refractivity contribution < 1.29 is 14.7 Å². The van der Waals surface area contributed by atoms with Gasteiger partial charge >= 0.3 is 6.03 Å². The van der Waals surface area contributed by atoms with E-state index in [1.54, 1.807) is 6.07 Å². The highest BCUT2D eigenvalue weighted by atomic mass is 16.4. The van der Waals surface area contributed by atoms with Gasteiger partial charge in [-0.3, -0.25) is 4.90 Å². The molecule has 0 unspecified atom stereocenters. The number of urea groups is 1. The van der Waals surface area contributed by atoms with Crippen LogP contribution >= 0.6 is 0 Å². The molecule has 0 saturated heterocycles. The Morgan fingerprint density at radius 2 is 2.00 bits per heavy atom. The van der Waals surface area contributed by atoms with E-state index in [1.807, 2.05) is 0 Å². The SMILES string of the molecule is N#CCNC(=O)N(CCC1CCCCC1)C(=O)[O-]. The molecule has 18 heavy (non-hydrogen) atoms. The minimum absolute atomic E-state index is 0.143. The molecule has 1 saturated carbocycles. The number of carboxylic acid groups (broad SMARTS) is 1. The highest BCUT2D eigenvalue weighted by molar-refractivity contribution is 5.89. The van der Waals surface area contributed by atoms with Gasteiger partial charge in [-0.15, -0.1) is 0 Å². The van der Waals surface area contributed by atoms with E-state index in [2.05, 4.69) is 5.32 Å². The third-order valence-corrected chi connectivity index (χ3v) is 3.27. The van der Waals surface area contributed by atoms with Gasteiger partial charge in [-0.25, -0.2) is 4.79 Å². The van der Waals surface area contributed by atoms with Crippen LogP contribution in [-0.4, -0.2) is 30.1 Å². The lowest BCUT2D eigenvalue weighted by Gasteiger charge is -2.27. The largest absolute Gasteiger partial charge is 0.529 e. The van der Waals surface area contributed by atoms with Gasteiger partial charge in [-0.2, -0.15) is 5.26 Å². The van der Waals surface area contributed by atoms with Crippen molar-refractivity contribution in [1.29, 1.82) is 5.26 Å². The summed E-state index contributed by atoms with van der Waals surface area (Å²) in [5.41, 5.74) is 0. The lowest BCUT2D eigenvalue weighted by atomic mass is 9.87. The highest BCUT2D eigenvalue weighted by Crippen LogP contribution is 2.26. The van der Waals surface area contributed by atoms with Crippen molar-refractivity contribution in [2.24, 2.45) is 5.92 Å². The van der Waals surface area contributed by atoms with Crippen LogP contribution in [0.15, 0.2) is 0 Å². The molecule has 6 heteroatoms. The van der Waals surface area contributed by atoms with Gasteiger partial charge in [-0.1, -0.05) is 32.1 Å². The lowest BCUT2D eigenvalue weighted by Crippen LogP contribution is -2.50. The van der Waals surface area contributed by atoms with Crippen LogP contribution in [0.5, 0.6) is 0 Å². The first kappa shape index (κ1) is 14.3. The predicted octanol–water partition coefficient (Wildman–Crippen LogP) is 0.835. The Balaban J connectivity index is 2.39. The molecule has 1 aliphatic rings. The number of nitriles is 1. The molecular weight excluding hydrogens is 234 g/mol. The second-order valence-electron chi connectivity index (χ2n) is 4.53. The zero-order chi connectivity index (χ0) is 13.4. The maximum Gasteiger partial charge on any atom is 0.323 e. The van der Waals surface area contributed by atoms with Crippen molar-refractivity contribution in [3.05, 3.63) is 0 Å². The second kappa shape index (κ2) is 7.54. The number of hydrogen-bond acceptors (Lipinski definition) is 4. The van der Waals surface area contributed by atoms with E-state index in [0.717, 1.165) is 12.8 Å². The zero-order valence-electron chi connectivity index (χ0n) is 10.4. The van der Waals surface area contributed by atoms with E-state index < -0.39 is 12.1 Å². The van der Waals surface area contributed by atoms with E-state index in [-0.39, 0.29) is 13.1 Å². The van der Waals surface area contributed by atoms with Crippen LogP contribution in [0.4, 0.5) is 9.59 Å². The molecule has 0 aromatic rings. The minimum Gasteiger partial charge on any atom is -0.529 e. The zero-order valence-corrected chi connectivity index (χ0v) is 10.4. The van der Waals surface area contributed by atoms with E-state index in [4.69, 9.17) is 5.26 Å². The van der Waals surface area contributed by atoms with Crippen LogP contribution in [0.3, 0.4) is 0 Å². The molecule has 0 atom stereocenters. The average molecular weight is 252 g/mol. The smallest absolute Gasteiger partial charge is 0.323 e. The minimum atomic E-state index is -1.51. The van der Waals surface area contributed by atoms with E-state index in [9.17, 15) is 14.7 Å². The molecule has 0 spiro atoms. The summed E-state index contributed by atoms with van der Waals surface area (Å²) in [6.45, 7) is -0.0592. The van der Waals surface area contributed by atoms with Crippen LogP contribution in [0.25, 0.3) is 0 Å². The van der Waals surface area contributed by atoms with Crippen molar-refractivity contribution in [2.45, 2.75) is 38.5 Å². The molecule has 1 rings (SSSR count). The summed E-state index contributed by atoms with van der Waals surface area (Å²) in [6.07, 6.45) is 4.95. The fraction of sp³-hybridized carbons (Fsp3) is 0.750. The topological polar surface area (TPSA) is 96.3 Å². The molecule has 1 N–H and O–H groups in total. The molecule has 6 nitrogen and oxygen atoms in total. The van der Waals surface area contributed by atoms with Gasteiger partial charge < -0.3 is 15.2 Å². The van der Waals surface area contributed by atoms with Crippen LogP contribution in [0.1, 0.15) is 38.5 Å². The van der Waals surface area contributed by atoms with E-state index >= 15 is 0 Å². The Kier molecular flexibility index (Phi) is 5.98. The Labute approximate surface area is 107 Å². The summed E-state index contributed by atoms with van der Waals surface area (Å²) < 4.78 is 0. The fourth-order valence-corrected chi connectivity index (χ4v) is 2.27. The molecule has 3 amide bonds. The van der Waals surface area contributed by atoms with E-state index in [0.29, 0.717) is 17.2 Å². The number of carbonyl (C=O) groups excluding carboxylic acids is 2. The molecule has 0 heterocycles. The summed E-state index contributed by atoms with van der Waals surface area (Å²) in [5.74, 6) is 0.490. The summed E-state index contributed by atoms with van der Waals surface area (Å²) in [6, 6.07) is 0.955. The van der Waals surface area contributed by atoms with Crippen LogP contribution < -0.4 is 10.4 Å². The molecular formula is C12H18N3O3-. The van der Waals surface area contributed by atoms with Gasteiger partial charge in [0.05, 0.1) is 6.07 Å². The number of rotatable bonds is 4.